The minimum absolute atomic E-state index is 0.0812. The second-order valence-electron chi connectivity index (χ2n) is 6.21. The minimum atomic E-state index is -0.0812. The number of nitrogens with one attached hydrogen (secondary N) is 1. The molecule has 2 heterocycles. The van der Waals surface area contributed by atoms with Gasteiger partial charge >= 0.3 is 0 Å². The highest BCUT2D eigenvalue weighted by atomic mass is 16.5. The van der Waals surface area contributed by atoms with Crippen molar-refractivity contribution < 1.29 is 4.74 Å². The molecule has 1 aromatic heterocycles. The molecule has 0 atom stereocenters. The number of anilines is 1. The van der Waals surface area contributed by atoms with Crippen LogP contribution in [0.1, 0.15) is 32.3 Å². The fourth-order valence-corrected chi connectivity index (χ4v) is 2.51. The molecule has 1 aliphatic carbocycles. The lowest BCUT2D eigenvalue weighted by molar-refractivity contribution is -0.0279. The summed E-state index contributed by atoms with van der Waals surface area (Å²) < 4.78 is 5.75. The Morgan fingerprint density at radius 1 is 1.47 bits per heavy atom. The largest absolute Gasteiger partial charge is 0.372 e. The second kappa shape index (κ2) is 5.10. The maximum Gasteiger partial charge on any atom is 0.128 e. The van der Waals surface area contributed by atoms with Gasteiger partial charge in [-0.15, -0.1) is 0 Å². The van der Waals surface area contributed by atoms with Crippen LogP contribution in [-0.4, -0.2) is 36.3 Å². The summed E-state index contributed by atoms with van der Waals surface area (Å²) in [5.74, 6) is 1.08. The van der Waals surface area contributed by atoms with Crippen LogP contribution < -0.4 is 10.2 Å². The fraction of sp³-hybridized carbons (Fsp3) is 0.667. The number of aromatic nitrogens is 1. The molecule has 1 N–H and O–H groups in total. The van der Waals surface area contributed by atoms with Gasteiger partial charge in [0.2, 0.25) is 0 Å². The predicted molar refractivity (Wildman–Crippen MR) is 76.3 cm³/mol. The van der Waals surface area contributed by atoms with E-state index in [1.165, 1.54) is 18.4 Å². The summed E-state index contributed by atoms with van der Waals surface area (Å²) in [6.45, 7) is 7.83. The SMILES string of the molecule is CC1(C)CN(c2cc(CNC3CC3)ccn2)CCO1. The first-order valence-corrected chi connectivity index (χ1v) is 7.20. The summed E-state index contributed by atoms with van der Waals surface area (Å²) in [6, 6.07) is 5.06. The second-order valence-corrected chi connectivity index (χ2v) is 6.21. The molecule has 0 bridgehead atoms. The molecule has 0 unspecified atom stereocenters. The summed E-state index contributed by atoms with van der Waals surface area (Å²) in [5.41, 5.74) is 1.24. The summed E-state index contributed by atoms with van der Waals surface area (Å²) in [6.07, 6.45) is 4.58. The van der Waals surface area contributed by atoms with E-state index in [0.29, 0.717) is 0 Å². The van der Waals surface area contributed by atoms with Gasteiger partial charge in [-0.2, -0.15) is 0 Å². The summed E-state index contributed by atoms with van der Waals surface area (Å²) in [7, 11) is 0. The van der Waals surface area contributed by atoms with E-state index in [1.807, 2.05) is 6.20 Å². The van der Waals surface area contributed by atoms with Crippen molar-refractivity contribution in [1.29, 1.82) is 0 Å². The van der Waals surface area contributed by atoms with Crippen LogP contribution in [0.15, 0.2) is 18.3 Å². The zero-order chi connectivity index (χ0) is 13.3. The topological polar surface area (TPSA) is 37.4 Å². The molecule has 0 spiro atoms. The molecular weight excluding hydrogens is 238 g/mol. The molecule has 1 aliphatic heterocycles. The summed E-state index contributed by atoms with van der Waals surface area (Å²) >= 11 is 0. The Morgan fingerprint density at radius 3 is 3.05 bits per heavy atom. The van der Waals surface area contributed by atoms with E-state index in [2.05, 4.69) is 41.2 Å². The van der Waals surface area contributed by atoms with E-state index in [-0.39, 0.29) is 5.60 Å². The van der Waals surface area contributed by atoms with Crippen molar-refractivity contribution in [3.63, 3.8) is 0 Å². The molecule has 1 aromatic rings. The molecular formula is C15H23N3O. The van der Waals surface area contributed by atoms with Crippen molar-refractivity contribution >= 4 is 5.82 Å². The van der Waals surface area contributed by atoms with Crippen LogP contribution in [0, 0.1) is 0 Å². The lowest BCUT2D eigenvalue weighted by Gasteiger charge is -2.38. The number of ether oxygens (including phenoxy) is 1. The maximum absolute atomic E-state index is 5.75. The number of morpholine rings is 1. The fourth-order valence-electron chi connectivity index (χ4n) is 2.51. The van der Waals surface area contributed by atoms with Crippen LogP contribution in [-0.2, 0) is 11.3 Å². The van der Waals surface area contributed by atoms with Gasteiger partial charge in [0.25, 0.3) is 0 Å². The van der Waals surface area contributed by atoms with Gasteiger partial charge in [0.15, 0.2) is 0 Å². The molecule has 2 aliphatic rings. The van der Waals surface area contributed by atoms with Gasteiger partial charge in [0.05, 0.1) is 12.2 Å². The van der Waals surface area contributed by atoms with Crippen molar-refractivity contribution in [3.05, 3.63) is 23.9 Å². The van der Waals surface area contributed by atoms with Gasteiger partial charge in [-0.1, -0.05) is 0 Å². The number of pyridine rings is 1. The first-order chi connectivity index (χ1) is 9.12. The highest BCUT2D eigenvalue weighted by Crippen LogP contribution is 2.23. The average Bonchev–Trinajstić information content (AvgIpc) is 3.20. The van der Waals surface area contributed by atoms with Crippen LogP contribution in [0.3, 0.4) is 0 Å². The number of rotatable bonds is 4. The normalized spacial score (nSPS) is 22.5. The van der Waals surface area contributed by atoms with Gasteiger partial charge in [-0.3, -0.25) is 0 Å². The Morgan fingerprint density at radius 2 is 2.32 bits per heavy atom. The van der Waals surface area contributed by atoms with E-state index in [0.717, 1.165) is 38.1 Å². The highest BCUT2D eigenvalue weighted by Gasteiger charge is 2.28. The lowest BCUT2D eigenvalue weighted by atomic mass is 10.1. The Hall–Kier alpha value is -1.13. The lowest BCUT2D eigenvalue weighted by Crippen LogP contribution is -2.48. The van der Waals surface area contributed by atoms with Crippen LogP contribution >= 0.6 is 0 Å². The zero-order valence-electron chi connectivity index (χ0n) is 11.9. The number of nitrogens with zero attached hydrogens (tertiary/aromatic N) is 2. The standard InChI is InChI=1S/C15H23N3O/c1-15(2)11-18(7-8-19-15)14-9-12(5-6-16-14)10-17-13-3-4-13/h5-6,9,13,17H,3-4,7-8,10-11H2,1-2H3. The Labute approximate surface area is 115 Å². The van der Waals surface area contributed by atoms with Crippen molar-refractivity contribution in [2.75, 3.05) is 24.6 Å². The van der Waals surface area contributed by atoms with Crippen molar-refractivity contribution in [2.24, 2.45) is 0 Å². The third-order valence-corrected chi connectivity index (χ3v) is 3.73. The Bertz CT molecular complexity index is 443. The van der Waals surface area contributed by atoms with E-state index >= 15 is 0 Å². The van der Waals surface area contributed by atoms with E-state index in [1.54, 1.807) is 0 Å². The molecule has 3 rings (SSSR count). The molecule has 1 saturated heterocycles. The Balaban J connectivity index is 1.67. The highest BCUT2D eigenvalue weighted by molar-refractivity contribution is 5.42. The molecule has 2 fully saturated rings. The van der Waals surface area contributed by atoms with Crippen LogP contribution in [0.4, 0.5) is 5.82 Å². The van der Waals surface area contributed by atoms with E-state index in [4.69, 9.17) is 4.74 Å². The van der Waals surface area contributed by atoms with Gasteiger partial charge < -0.3 is 15.0 Å². The average molecular weight is 261 g/mol. The Kier molecular flexibility index (Phi) is 3.46. The maximum atomic E-state index is 5.75. The minimum Gasteiger partial charge on any atom is -0.372 e. The third-order valence-electron chi connectivity index (χ3n) is 3.73. The van der Waals surface area contributed by atoms with Crippen molar-refractivity contribution in [1.82, 2.24) is 10.3 Å². The molecule has 0 aromatic carbocycles. The van der Waals surface area contributed by atoms with Crippen molar-refractivity contribution in [3.8, 4) is 0 Å². The smallest absolute Gasteiger partial charge is 0.128 e. The molecule has 0 radical (unpaired) electrons. The quantitative estimate of drug-likeness (QED) is 0.899. The molecule has 0 amide bonds. The first kappa shape index (κ1) is 12.9. The van der Waals surface area contributed by atoms with Crippen LogP contribution in [0.5, 0.6) is 0 Å². The van der Waals surface area contributed by atoms with Gasteiger partial charge in [-0.25, -0.2) is 4.98 Å². The zero-order valence-corrected chi connectivity index (χ0v) is 11.9. The number of hydrogen-bond acceptors (Lipinski definition) is 4. The monoisotopic (exact) mass is 261 g/mol. The molecule has 1 saturated carbocycles. The summed E-state index contributed by atoms with van der Waals surface area (Å²) in [5, 5.41) is 3.55. The van der Waals surface area contributed by atoms with Gasteiger partial charge in [-0.05, 0) is 44.4 Å². The molecule has 4 heteroatoms. The summed E-state index contributed by atoms with van der Waals surface area (Å²) in [4.78, 5) is 6.84. The first-order valence-electron chi connectivity index (χ1n) is 7.20. The van der Waals surface area contributed by atoms with Crippen LogP contribution in [0.2, 0.25) is 0 Å². The van der Waals surface area contributed by atoms with Gasteiger partial charge in [0, 0.05) is 31.9 Å². The predicted octanol–water partition coefficient (Wildman–Crippen LogP) is 1.95. The molecule has 104 valence electrons. The van der Waals surface area contributed by atoms with Crippen molar-refractivity contribution in [2.45, 2.75) is 44.9 Å². The third kappa shape index (κ3) is 3.45. The van der Waals surface area contributed by atoms with E-state index in [9.17, 15) is 0 Å². The number of hydrogen-bond donors (Lipinski definition) is 1. The van der Waals surface area contributed by atoms with Crippen LogP contribution in [0.25, 0.3) is 0 Å². The van der Waals surface area contributed by atoms with E-state index < -0.39 is 0 Å². The molecule has 4 nitrogen and oxygen atoms in total. The molecule has 19 heavy (non-hydrogen) atoms. The van der Waals surface area contributed by atoms with Gasteiger partial charge in [0.1, 0.15) is 5.82 Å².